The second-order valence-corrected chi connectivity index (χ2v) is 8.04. The number of aryl methyl sites for hydroxylation is 1. The predicted molar refractivity (Wildman–Crippen MR) is 106 cm³/mol. The summed E-state index contributed by atoms with van der Waals surface area (Å²) in [6.45, 7) is 4.20. The molecule has 0 heterocycles. The van der Waals surface area contributed by atoms with E-state index in [0.29, 0.717) is 35.1 Å². The summed E-state index contributed by atoms with van der Waals surface area (Å²) in [4.78, 5) is 25.5. The number of Topliss-reactive ketones (excluding diaryl/α,β-unsaturated/α-hetero) is 2. The normalized spacial score (nSPS) is 21.4. The van der Waals surface area contributed by atoms with Gasteiger partial charge in [-0.3, -0.25) is 9.59 Å². The molecule has 1 aliphatic carbocycles. The third-order valence-corrected chi connectivity index (χ3v) is 5.77. The summed E-state index contributed by atoms with van der Waals surface area (Å²) in [6, 6.07) is 15.3. The van der Waals surface area contributed by atoms with Crippen LogP contribution in [0.4, 0.5) is 0 Å². The van der Waals surface area contributed by atoms with Crippen molar-refractivity contribution in [1.82, 2.24) is 0 Å². The molecule has 136 valence electrons. The number of hydrogen-bond acceptors (Lipinski definition) is 2. The smallest absolute Gasteiger partial charge is 0.163 e. The van der Waals surface area contributed by atoms with Gasteiger partial charge in [-0.05, 0) is 43.4 Å². The van der Waals surface area contributed by atoms with Crippen LogP contribution in [0.3, 0.4) is 0 Å². The largest absolute Gasteiger partial charge is 0.299 e. The van der Waals surface area contributed by atoms with Gasteiger partial charge in [-0.25, -0.2) is 0 Å². The van der Waals surface area contributed by atoms with Crippen molar-refractivity contribution in [3.63, 3.8) is 0 Å². The lowest BCUT2D eigenvalue weighted by molar-refractivity contribution is -0.126. The van der Waals surface area contributed by atoms with E-state index in [1.807, 2.05) is 55.5 Å². The second-order valence-electron chi connectivity index (χ2n) is 7.60. The fourth-order valence-electron chi connectivity index (χ4n) is 3.90. The maximum absolute atomic E-state index is 12.9. The SMILES string of the molecule is Cc1ccc(C(=O)C[C@@H](c2ccc(Cl)cc2)[C@H]2C[C@H](C)CCC2=O)cc1. The van der Waals surface area contributed by atoms with E-state index in [9.17, 15) is 9.59 Å². The number of ketones is 2. The van der Waals surface area contributed by atoms with E-state index in [0.717, 1.165) is 24.0 Å². The molecule has 0 amide bonds. The molecule has 0 aliphatic heterocycles. The van der Waals surface area contributed by atoms with Gasteiger partial charge in [-0.1, -0.05) is 60.5 Å². The van der Waals surface area contributed by atoms with Crippen LogP contribution in [0, 0.1) is 18.8 Å². The zero-order valence-electron chi connectivity index (χ0n) is 15.4. The Morgan fingerprint density at radius 1 is 1.12 bits per heavy atom. The Labute approximate surface area is 160 Å². The molecule has 0 saturated heterocycles. The minimum atomic E-state index is -0.0886. The van der Waals surface area contributed by atoms with Gasteiger partial charge in [0.1, 0.15) is 5.78 Å². The van der Waals surface area contributed by atoms with Gasteiger partial charge < -0.3 is 0 Å². The fourth-order valence-corrected chi connectivity index (χ4v) is 4.03. The summed E-state index contributed by atoms with van der Waals surface area (Å²) in [6.07, 6.45) is 2.78. The topological polar surface area (TPSA) is 34.1 Å². The van der Waals surface area contributed by atoms with Gasteiger partial charge in [0, 0.05) is 35.3 Å². The van der Waals surface area contributed by atoms with Crippen LogP contribution in [0.1, 0.15) is 60.0 Å². The average Bonchev–Trinajstić information content (AvgIpc) is 2.63. The molecule has 1 saturated carbocycles. The zero-order chi connectivity index (χ0) is 18.7. The number of carbonyl (C=O) groups is 2. The van der Waals surface area contributed by atoms with Crippen molar-refractivity contribution in [3.05, 3.63) is 70.2 Å². The summed E-state index contributed by atoms with van der Waals surface area (Å²) in [7, 11) is 0. The van der Waals surface area contributed by atoms with Gasteiger partial charge in [0.15, 0.2) is 5.78 Å². The number of rotatable bonds is 5. The molecule has 1 aliphatic rings. The van der Waals surface area contributed by atoms with Crippen LogP contribution in [0.2, 0.25) is 5.02 Å². The Morgan fingerprint density at radius 3 is 2.42 bits per heavy atom. The lowest BCUT2D eigenvalue weighted by Gasteiger charge is -2.32. The van der Waals surface area contributed by atoms with Crippen molar-refractivity contribution in [2.75, 3.05) is 0 Å². The summed E-state index contributed by atoms with van der Waals surface area (Å²) in [5, 5.41) is 0.667. The Balaban J connectivity index is 1.89. The minimum absolute atomic E-state index is 0.0867. The molecule has 2 nitrogen and oxygen atoms in total. The van der Waals surface area contributed by atoms with E-state index < -0.39 is 0 Å². The number of benzene rings is 2. The Hall–Kier alpha value is -1.93. The summed E-state index contributed by atoms with van der Waals surface area (Å²) >= 11 is 6.04. The second kappa shape index (κ2) is 8.18. The van der Waals surface area contributed by atoms with Gasteiger partial charge in [0.25, 0.3) is 0 Å². The predicted octanol–water partition coefficient (Wildman–Crippen LogP) is 6.01. The number of hydrogen-bond donors (Lipinski definition) is 0. The molecule has 0 radical (unpaired) electrons. The van der Waals surface area contributed by atoms with Gasteiger partial charge in [-0.2, -0.15) is 0 Å². The molecule has 3 atom stereocenters. The molecule has 2 aromatic rings. The average molecular weight is 369 g/mol. The first kappa shape index (κ1) is 18.8. The Kier molecular flexibility index (Phi) is 5.93. The van der Waals surface area contributed by atoms with Crippen LogP contribution in [0.15, 0.2) is 48.5 Å². The van der Waals surface area contributed by atoms with Crippen molar-refractivity contribution in [1.29, 1.82) is 0 Å². The van der Waals surface area contributed by atoms with E-state index in [2.05, 4.69) is 6.92 Å². The van der Waals surface area contributed by atoms with Crippen molar-refractivity contribution >= 4 is 23.2 Å². The van der Waals surface area contributed by atoms with Crippen LogP contribution < -0.4 is 0 Å². The highest BCUT2D eigenvalue weighted by atomic mass is 35.5. The standard InChI is InChI=1S/C23H25ClO2/c1-15-3-6-18(7-4-15)23(26)14-20(17-8-10-19(24)11-9-17)21-13-16(2)5-12-22(21)25/h3-4,6-11,16,20-21H,5,12-14H2,1-2H3/t16-,20+,21-/m1/s1. The lowest BCUT2D eigenvalue weighted by Crippen LogP contribution is -2.30. The fraction of sp³-hybridized carbons (Fsp3) is 0.391. The summed E-state index contributed by atoms with van der Waals surface area (Å²) in [5.74, 6) is 0.725. The van der Waals surface area contributed by atoms with Crippen LogP contribution in [0.5, 0.6) is 0 Å². The molecule has 0 aromatic heterocycles. The van der Waals surface area contributed by atoms with Crippen molar-refractivity contribution in [3.8, 4) is 0 Å². The molecule has 0 bridgehead atoms. The highest BCUT2D eigenvalue weighted by molar-refractivity contribution is 6.30. The molecule has 26 heavy (non-hydrogen) atoms. The van der Waals surface area contributed by atoms with Gasteiger partial charge in [0.05, 0.1) is 0 Å². The molecular formula is C23H25ClO2. The van der Waals surface area contributed by atoms with Crippen molar-refractivity contribution in [2.24, 2.45) is 11.8 Å². The van der Waals surface area contributed by atoms with Crippen LogP contribution in [-0.2, 0) is 4.79 Å². The van der Waals surface area contributed by atoms with E-state index in [1.54, 1.807) is 0 Å². The first-order valence-corrected chi connectivity index (χ1v) is 9.70. The highest BCUT2D eigenvalue weighted by Gasteiger charge is 2.35. The van der Waals surface area contributed by atoms with E-state index in [-0.39, 0.29) is 17.6 Å². The third kappa shape index (κ3) is 4.42. The highest BCUT2D eigenvalue weighted by Crippen LogP contribution is 2.39. The molecule has 3 rings (SSSR count). The first-order valence-electron chi connectivity index (χ1n) is 9.32. The third-order valence-electron chi connectivity index (χ3n) is 5.52. The monoisotopic (exact) mass is 368 g/mol. The maximum Gasteiger partial charge on any atom is 0.163 e. The van der Waals surface area contributed by atoms with E-state index in [4.69, 9.17) is 11.6 Å². The minimum Gasteiger partial charge on any atom is -0.299 e. The quantitative estimate of drug-likeness (QED) is 0.605. The van der Waals surface area contributed by atoms with Gasteiger partial charge >= 0.3 is 0 Å². The molecule has 0 unspecified atom stereocenters. The van der Waals surface area contributed by atoms with Crippen molar-refractivity contribution < 1.29 is 9.59 Å². The summed E-state index contributed by atoms with van der Waals surface area (Å²) < 4.78 is 0. The van der Waals surface area contributed by atoms with Crippen molar-refractivity contribution in [2.45, 2.75) is 45.4 Å². The molecule has 3 heteroatoms. The Morgan fingerprint density at radius 2 is 1.77 bits per heavy atom. The van der Waals surface area contributed by atoms with Crippen LogP contribution in [-0.4, -0.2) is 11.6 Å². The molecule has 1 fully saturated rings. The molecular weight excluding hydrogens is 344 g/mol. The Bertz CT molecular complexity index is 777. The molecule has 0 spiro atoms. The van der Waals surface area contributed by atoms with E-state index >= 15 is 0 Å². The number of halogens is 1. The maximum atomic E-state index is 12.9. The van der Waals surface area contributed by atoms with Crippen LogP contribution >= 0.6 is 11.6 Å². The first-order chi connectivity index (χ1) is 12.4. The summed E-state index contributed by atoms with van der Waals surface area (Å²) in [5.41, 5.74) is 2.88. The number of carbonyl (C=O) groups excluding carboxylic acids is 2. The molecule has 2 aromatic carbocycles. The van der Waals surface area contributed by atoms with Gasteiger partial charge in [-0.15, -0.1) is 0 Å². The van der Waals surface area contributed by atoms with Crippen LogP contribution in [0.25, 0.3) is 0 Å². The zero-order valence-corrected chi connectivity index (χ0v) is 16.1. The van der Waals surface area contributed by atoms with E-state index in [1.165, 1.54) is 0 Å². The molecule has 0 N–H and O–H groups in total. The lowest BCUT2D eigenvalue weighted by atomic mass is 9.70. The van der Waals surface area contributed by atoms with Gasteiger partial charge in [0.2, 0.25) is 0 Å².